The van der Waals surface area contributed by atoms with E-state index in [0.717, 1.165) is 16.8 Å². The fourth-order valence-corrected chi connectivity index (χ4v) is 1.12. The average molecular weight is 159 g/mol. The summed E-state index contributed by atoms with van der Waals surface area (Å²) in [6, 6.07) is 3.99. The van der Waals surface area contributed by atoms with Crippen LogP contribution in [0.15, 0.2) is 30.7 Å². The van der Waals surface area contributed by atoms with Crippen LogP contribution >= 0.6 is 0 Å². The van der Waals surface area contributed by atoms with Gasteiger partial charge < -0.3 is 0 Å². The standard InChI is InChI=1S/C9H9N3/c1-7-4-8(6-10-5-7)9-2-3-11-12-9/h2-6H,1H3,(H,11,12). The Hall–Kier alpha value is -1.64. The monoisotopic (exact) mass is 159 g/mol. The van der Waals surface area contributed by atoms with Gasteiger partial charge in [0, 0.05) is 24.2 Å². The van der Waals surface area contributed by atoms with E-state index in [0.29, 0.717) is 0 Å². The van der Waals surface area contributed by atoms with Gasteiger partial charge in [0.05, 0.1) is 5.69 Å². The van der Waals surface area contributed by atoms with Gasteiger partial charge in [-0.05, 0) is 24.6 Å². The number of nitrogens with one attached hydrogen (secondary N) is 1. The van der Waals surface area contributed by atoms with Gasteiger partial charge in [0.1, 0.15) is 0 Å². The van der Waals surface area contributed by atoms with Crippen molar-refractivity contribution in [2.24, 2.45) is 0 Å². The SMILES string of the molecule is Cc1cncc(-c2cc[nH]n2)c1. The minimum atomic E-state index is 0.936. The van der Waals surface area contributed by atoms with Gasteiger partial charge in [-0.15, -0.1) is 0 Å². The third-order valence-corrected chi connectivity index (χ3v) is 1.67. The number of hydrogen-bond donors (Lipinski definition) is 1. The zero-order valence-electron chi connectivity index (χ0n) is 6.78. The fraction of sp³-hybridized carbons (Fsp3) is 0.111. The number of aromatic amines is 1. The quantitative estimate of drug-likeness (QED) is 0.689. The molecule has 2 heterocycles. The molecular weight excluding hydrogens is 150 g/mol. The summed E-state index contributed by atoms with van der Waals surface area (Å²) in [5.41, 5.74) is 3.14. The van der Waals surface area contributed by atoms with Crippen molar-refractivity contribution in [3.63, 3.8) is 0 Å². The average Bonchev–Trinajstić information content (AvgIpc) is 2.56. The molecule has 0 saturated carbocycles. The predicted octanol–water partition coefficient (Wildman–Crippen LogP) is 1.78. The van der Waals surface area contributed by atoms with Gasteiger partial charge in [-0.3, -0.25) is 10.1 Å². The molecular formula is C9H9N3. The summed E-state index contributed by atoms with van der Waals surface area (Å²) in [6.07, 6.45) is 5.44. The van der Waals surface area contributed by atoms with Gasteiger partial charge in [0.2, 0.25) is 0 Å². The van der Waals surface area contributed by atoms with Gasteiger partial charge in [-0.25, -0.2) is 0 Å². The Morgan fingerprint density at radius 1 is 1.33 bits per heavy atom. The number of pyridine rings is 1. The molecule has 0 radical (unpaired) electrons. The zero-order valence-corrected chi connectivity index (χ0v) is 6.78. The second-order valence-corrected chi connectivity index (χ2v) is 2.71. The number of aromatic nitrogens is 3. The molecule has 0 aliphatic rings. The first-order chi connectivity index (χ1) is 5.86. The first kappa shape index (κ1) is 7.03. The van der Waals surface area contributed by atoms with E-state index in [9.17, 15) is 0 Å². The van der Waals surface area contributed by atoms with Crippen LogP contribution in [-0.4, -0.2) is 15.2 Å². The van der Waals surface area contributed by atoms with Gasteiger partial charge in [0.15, 0.2) is 0 Å². The molecule has 2 aromatic heterocycles. The second-order valence-electron chi connectivity index (χ2n) is 2.71. The van der Waals surface area contributed by atoms with E-state index in [4.69, 9.17) is 0 Å². The van der Waals surface area contributed by atoms with Gasteiger partial charge in [-0.2, -0.15) is 5.10 Å². The topological polar surface area (TPSA) is 41.6 Å². The predicted molar refractivity (Wildman–Crippen MR) is 46.6 cm³/mol. The highest BCUT2D eigenvalue weighted by Gasteiger charge is 1.98. The van der Waals surface area contributed by atoms with Crippen molar-refractivity contribution in [2.75, 3.05) is 0 Å². The molecule has 0 atom stereocenters. The van der Waals surface area contributed by atoms with Gasteiger partial charge in [-0.1, -0.05) is 0 Å². The lowest BCUT2D eigenvalue weighted by Crippen LogP contribution is -1.81. The third kappa shape index (κ3) is 1.21. The molecule has 0 unspecified atom stereocenters. The summed E-state index contributed by atoms with van der Waals surface area (Å²) in [7, 11) is 0. The van der Waals surface area contributed by atoms with Crippen LogP contribution in [0.2, 0.25) is 0 Å². The van der Waals surface area contributed by atoms with Crippen LogP contribution in [-0.2, 0) is 0 Å². The Balaban J connectivity index is 2.48. The summed E-state index contributed by atoms with van der Waals surface area (Å²) in [4.78, 5) is 4.09. The number of H-pyrrole nitrogens is 1. The second kappa shape index (κ2) is 2.77. The van der Waals surface area contributed by atoms with E-state index in [2.05, 4.69) is 21.2 Å². The normalized spacial score (nSPS) is 10.1. The molecule has 60 valence electrons. The maximum Gasteiger partial charge on any atom is 0.0936 e. The van der Waals surface area contributed by atoms with Crippen molar-refractivity contribution in [1.82, 2.24) is 15.2 Å². The van der Waals surface area contributed by atoms with Crippen molar-refractivity contribution in [3.8, 4) is 11.3 Å². The maximum absolute atomic E-state index is 4.09. The van der Waals surface area contributed by atoms with Crippen LogP contribution in [0.4, 0.5) is 0 Å². The molecule has 0 aliphatic carbocycles. The molecule has 3 nitrogen and oxygen atoms in total. The minimum Gasteiger partial charge on any atom is -0.285 e. The summed E-state index contributed by atoms with van der Waals surface area (Å²) in [5, 5.41) is 6.83. The first-order valence-electron chi connectivity index (χ1n) is 3.78. The van der Waals surface area contributed by atoms with Crippen molar-refractivity contribution < 1.29 is 0 Å². The van der Waals surface area contributed by atoms with Crippen LogP contribution in [0.1, 0.15) is 5.56 Å². The Bertz CT molecular complexity index is 365. The van der Waals surface area contributed by atoms with Crippen molar-refractivity contribution in [1.29, 1.82) is 0 Å². The Morgan fingerprint density at radius 3 is 2.92 bits per heavy atom. The van der Waals surface area contributed by atoms with Crippen molar-refractivity contribution in [3.05, 3.63) is 36.3 Å². The maximum atomic E-state index is 4.09. The lowest BCUT2D eigenvalue weighted by Gasteiger charge is -1.95. The van der Waals surface area contributed by atoms with Crippen LogP contribution in [0, 0.1) is 6.92 Å². The largest absolute Gasteiger partial charge is 0.285 e. The summed E-state index contributed by atoms with van der Waals surface area (Å²) in [6.45, 7) is 2.02. The molecule has 12 heavy (non-hydrogen) atoms. The highest BCUT2D eigenvalue weighted by Crippen LogP contribution is 2.14. The van der Waals surface area contributed by atoms with E-state index in [1.807, 2.05) is 25.4 Å². The molecule has 2 rings (SSSR count). The van der Waals surface area contributed by atoms with Crippen LogP contribution in [0.25, 0.3) is 11.3 Å². The smallest absolute Gasteiger partial charge is 0.0936 e. The lowest BCUT2D eigenvalue weighted by atomic mass is 10.2. The first-order valence-corrected chi connectivity index (χ1v) is 3.78. The Morgan fingerprint density at radius 2 is 2.25 bits per heavy atom. The van der Waals surface area contributed by atoms with Crippen LogP contribution < -0.4 is 0 Å². The van der Waals surface area contributed by atoms with E-state index in [1.54, 1.807) is 6.20 Å². The third-order valence-electron chi connectivity index (χ3n) is 1.67. The van der Waals surface area contributed by atoms with Gasteiger partial charge in [0.25, 0.3) is 0 Å². The molecule has 0 aromatic carbocycles. The van der Waals surface area contributed by atoms with E-state index in [-0.39, 0.29) is 0 Å². The molecule has 0 saturated heterocycles. The summed E-state index contributed by atoms with van der Waals surface area (Å²) in [5.74, 6) is 0. The highest BCUT2D eigenvalue weighted by molar-refractivity contribution is 5.57. The van der Waals surface area contributed by atoms with E-state index < -0.39 is 0 Å². The number of rotatable bonds is 1. The minimum absolute atomic E-state index is 0.936. The fourth-order valence-electron chi connectivity index (χ4n) is 1.12. The highest BCUT2D eigenvalue weighted by atomic mass is 15.1. The molecule has 2 aromatic rings. The number of nitrogens with zero attached hydrogens (tertiary/aromatic N) is 2. The zero-order chi connectivity index (χ0) is 8.39. The molecule has 0 amide bonds. The molecule has 0 fully saturated rings. The lowest BCUT2D eigenvalue weighted by molar-refractivity contribution is 1.09. The summed E-state index contributed by atoms with van der Waals surface area (Å²) < 4.78 is 0. The Kier molecular flexibility index (Phi) is 1.63. The molecule has 1 N–H and O–H groups in total. The summed E-state index contributed by atoms with van der Waals surface area (Å²) >= 11 is 0. The number of hydrogen-bond acceptors (Lipinski definition) is 2. The van der Waals surface area contributed by atoms with Crippen LogP contribution in [0.5, 0.6) is 0 Å². The van der Waals surface area contributed by atoms with Gasteiger partial charge >= 0.3 is 0 Å². The van der Waals surface area contributed by atoms with Crippen molar-refractivity contribution in [2.45, 2.75) is 6.92 Å². The molecule has 0 spiro atoms. The van der Waals surface area contributed by atoms with E-state index in [1.165, 1.54) is 0 Å². The molecule has 3 heteroatoms. The van der Waals surface area contributed by atoms with Crippen LogP contribution in [0.3, 0.4) is 0 Å². The molecule has 0 aliphatic heterocycles. The Labute approximate surface area is 70.5 Å². The number of aryl methyl sites for hydroxylation is 1. The molecule has 0 bridgehead atoms. The van der Waals surface area contributed by atoms with E-state index >= 15 is 0 Å². The van der Waals surface area contributed by atoms with Crippen molar-refractivity contribution >= 4 is 0 Å².